The van der Waals surface area contributed by atoms with Gasteiger partial charge >= 0.3 is 6.03 Å². The van der Waals surface area contributed by atoms with Gasteiger partial charge in [0.15, 0.2) is 5.92 Å². The van der Waals surface area contributed by atoms with Crippen LogP contribution in [0.15, 0.2) is 53.5 Å². The van der Waals surface area contributed by atoms with Crippen LogP contribution in [0.3, 0.4) is 0 Å². The highest BCUT2D eigenvalue weighted by molar-refractivity contribution is 6.32. The molecule has 8 nitrogen and oxygen atoms in total. The maximum atomic E-state index is 12.9. The van der Waals surface area contributed by atoms with E-state index < -0.39 is 23.8 Å². The zero-order valence-electron chi connectivity index (χ0n) is 15.4. The van der Waals surface area contributed by atoms with E-state index >= 15 is 0 Å². The Morgan fingerprint density at radius 1 is 1.00 bits per heavy atom. The molecule has 1 heterocycles. The van der Waals surface area contributed by atoms with Gasteiger partial charge in [-0.25, -0.2) is 9.69 Å². The fourth-order valence-electron chi connectivity index (χ4n) is 2.85. The number of nitrogens with one attached hydrogen (secondary N) is 1. The number of aliphatic imine (C=N–C) groups is 1. The van der Waals surface area contributed by atoms with Crippen molar-refractivity contribution in [1.29, 1.82) is 0 Å². The van der Waals surface area contributed by atoms with Crippen molar-refractivity contribution in [2.75, 3.05) is 19.1 Å². The average molecular weight is 381 g/mol. The van der Waals surface area contributed by atoms with Crippen LogP contribution in [0.2, 0.25) is 0 Å². The number of para-hydroxylation sites is 3. The third-order valence-electron chi connectivity index (χ3n) is 4.24. The van der Waals surface area contributed by atoms with Gasteiger partial charge in [-0.05, 0) is 18.2 Å². The molecule has 8 heteroatoms. The van der Waals surface area contributed by atoms with Crippen LogP contribution < -0.4 is 19.7 Å². The van der Waals surface area contributed by atoms with E-state index in [1.165, 1.54) is 13.3 Å². The smallest absolute Gasteiger partial charge is 0.335 e. The first-order chi connectivity index (χ1) is 13.6. The summed E-state index contributed by atoms with van der Waals surface area (Å²) in [4.78, 5) is 42.4. The topological polar surface area (TPSA) is 97.3 Å². The minimum absolute atomic E-state index is 0.226. The number of carbonyl (C=O) groups is 3. The number of amides is 4. The number of barbiturate groups is 1. The van der Waals surface area contributed by atoms with Crippen molar-refractivity contribution in [2.45, 2.75) is 6.54 Å². The Morgan fingerprint density at radius 3 is 2.36 bits per heavy atom. The van der Waals surface area contributed by atoms with Crippen LogP contribution in [-0.4, -0.2) is 38.3 Å². The molecule has 2 aromatic carbocycles. The minimum atomic E-state index is -1.22. The molecule has 1 fully saturated rings. The molecule has 0 bridgehead atoms. The van der Waals surface area contributed by atoms with Crippen LogP contribution in [-0.2, 0) is 16.1 Å². The first-order valence-electron chi connectivity index (χ1n) is 8.50. The number of anilines is 1. The van der Waals surface area contributed by atoms with E-state index in [0.29, 0.717) is 11.5 Å². The molecule has 1 N–H and O–H groups in total. The SMILES string of the molecule is COc1ccccc1CN=C[C@@H]1C(=O)NC(=O)N(c2ccccc2OC)C1=O. The molecular weight excluding hydrogens is 362 g/mol. The summed E-state index contributed by atoms with van der Waals surface area (Å²) < 4.78 is 10.5. The molecule has 28 heavy (non-hydrogen) atoms. The minimum Gasteiger partial charge on any atom is -0.496 e. The third-order valence-corrected chi connectivity index (χ3v) is 4.24. The van der Waals surface area contributed by atoms with E-state index in [4.69, 9.17) is 9.47 Å². The molecule has 1 aliphatic heterocycles. The van der Waals surface area contributed by atoms with Gasteiger partial charge in [0.2, 0.25) is 5.91 Å². The maximum Gasteiger partial charge on any atom is 0.335 e. The third kappa shape index (κ3) is 3.71. The molecule has 0 saturated carbocycles. The predicted molar refractivity (Wildman–Crippen MR) is 103 cm³/mol. The number of rotatable bonds is 6. The second kappa shape index (κ2) is 8.34. The van der Waals surface area contributed by atoms with Crippen molar-refractivity contribution < 1.29 is 23.9 Å². The Hall–Kier alpha value is -3.68. The first-order valence-corrected chi connectivity index (χ1v) is 8.50. The van der Waals surface area contributed by atoms with Crippen molar-refractivity contribution >= 4 is 29.7 Å². The Balaban J connectivity index is 1.84. The fraction of sp³-hybridized carbons (Fsp3) is 0.200. The number of hydrogen-bond acceptors (Lipinski definition) is 6. The maximum absolute atomic E-state index is 12.9. The predicted octanol–water partition coefficient (Wildman–Crippen LogP) is 2.17. The molecule has 1 aliphatic rings. The lowest BCUT2D eigenvalue weighted by molar-refractivity contribution is -0.131. The van der Waals surface area contributed by atoms with E-state index in [1.54, 1.807) is 37.4 Å². The standard InChI is InChI=1S/C20H19N3O5/c1-27-16-9-5-3-7-13(16)11-21-12-14-18(24)22-20(26)23(19(14)25)15-8-4-6-10-17(15)28-2/h3-10,12,14H,11H2,1-2H3,(H,22,24,26)/t14-/m1/s1. The fourth-order valence-corrected chi connectivity index (χ4v) is 2.85. The molecule has 1 atom stereocenters. The lowest BCUT2D eigenvalue weighted by atomic mass is 10.1. The number of nitrogens with zero attached hydrogens (tertiary/aromatic N) is 2. The van der Waals surface area contributed by atoms with Gasteiger partial charge in [0.25, 0.3) is 5.91 Å². The van der Waals surface area contributed by atoms with Gasteiger partial charge in [-0.3, -0.25) is 19.9 Å². The Kier molecular flexibility index (Phi) is 5.69. The largest absolute Gasteiger partial charge is 0.496 e. The molecule has 0 radical (unpaired) electrons. The summed E-state index contributed by atoms with van der Waals surface area (Å²) in [6.07, 6.45) is 1.25. The zero-order valence-corrected chi connectivity index (χ0v) is 15.4. The molecule has 1 saturated heterocycles. The van der Waals surface area contributed by atoms with Crippen molar-refractivity contribution in [2.24, 2.45) is 10.9 Å². The second-order valence-corrected chi connectivity index (χ2v) is 5.92. The summed E-state index contributed by atoms with van der Waals surface area (Å²) in [5, 5.41) is 2.19. The molecule has 0 aliphatic carbocycles. The van der Waals surface area contributed by atoms with Crippen molar-refractivity contribution in [3.8, 4) is 11.5 Å². The molecule has 2 aromatic rings. The van der Waals surface area contributed by atoms with Gasteiger partial charge in [0.05, 0.1) is 26.5 Å². The Bertz CT molecular complexity index is 941. The van der Waals surface area contributed by atoms with Gasteiger partial charge in [0.1, 0.15) is 11.5 Å². The van der Waals surface area contributed by atoms with Crippen LogP contribution in [0, 0.1) is 5.92 Å². The number of methoxy groups -OCH3 is 2. The van der Waals surface area contributed by atoms with Crippen LogP contribution in [0.5, 0.6) is 11.5 Å². The number of hydrogen-bond donors (Lipinski definition) is 1. The summed E-state index contributed by atoms with van der Waals surface area (Å²) in [6.45, 7) is 0.226. The molecular formula is C20H19N3O5. The number of urea groups is 1. The summed E-state index contributed by atoms with van der Waals surface area (Å²) in [5.74, 6) is -1.64. The van der Waals surface area contributed by atoms with Gasteiger partial charge < -0.3 is 9.47 Å². The van der Waals surface area contributed by atoms with Gasteiger partial charge in [-0.1, -0.05) is 30.3 Å². The van der Waals surface area contributed by atoms with Crippen LogP contribution in [0.25, 0.3) is 0 Å². The molecule has 0 unspecified atom stereocenters. The van der Waals surface area contributed by atoms with E-state index in [2.05, 4.69) is 10.3 Å². The van der Waals surface area contributed by atoms with E-state index in [9.17, 15) is 14.4 Å². The first kappa shape index (κ1) is 19.1. The van der Waals surface area contributed by atoms with Gasteiger partial charge in [0, 0.05) is 11.8 Å². The van der Waals surface area contributed by atoms with E-state index in [1.807, 2.05) is 18.2 Å². The summed E-state index contributed by atoms with van der Waals surface area (Å²) in [6, 6.07) is 13.1. The van der Waals surface area contributed by atoms with E-state index in [0.717, 1.165) is 10.5 Å². The van der Waals surface area contributed by atoms with Gasteiger partial charge in [-0.15, -0.1) is 0 Å². The number of ether oxygens (including phenoxy) is 2. The average Bonchev–Trinajstić information content (AvgIpc) is 2.71. The highest BCUT2D eigenvalue weighted by Gasteiger charge is 2.41. The lowest BCUT2D eigenvalue weighted by Gasteiger charge is -2.29. The monoisotopic (exact) mass is 381 g/mol. The summed E-state index contributed by atoms with van der Waals surface area (Å²) in [5.41, 5.74) is 1.06. The molecule has 0 aromatic heterocycles. The molecule has 4 amide bonds. The molecule has 0 spiro atoms. The van der Waals surface area contributed by atoms with Crippen molar-refractivity contribution in [3.05, 3.63) is 54.1 Å². The normalized spacial score (nSPS) is 17.0. The van der Waals surface area contributed by atoms with Crippen molar-refractivity contribution in [3.63, 3.8) is 0 Å². The van der Waals surface area contributed by atoms with Crippen LogP contribution in [0.1, 0.15) is 5.56 Å². The highest BCUT2D eigenvalue weighted by atomic mass is 16.5. The molecule has 3 rings (SSSR count). The number of imide groups is 2. The van der Waals surface area contributed by atoms with E-state index in [-0.39, 0.29) is 12.2 Å². The lowest BCUT2D eigenvalue weighted by Crippen LogP contribution is -2.58. The summed E-state index contributed by atoms with van der Waals surface area (Å²) >= 11 is 0. The number of benzene rings is 2. The van der Waals surface area contributed by atoms with Crippen LogP contribution >= 0.6 is 0 Å². The Morgan fingerprint density at radius 2 is 1.64 bits per heavy atom. The van der Waals surface area contributed by atoms with Crippen LogP contribution in [0.4, 0.5) is 10.5 Å². The van der Waals surface area contributed by atoms with Crippen molar-refractivity contribution in [1.82, 2.24) is 5.32 Å². The second-order valence-electron chi connectivity index (χ2n) is 5.92. The molecule has 144 valence electrons. The zero-order chi connectivity index (χ0) is 20.1. The highest BCUT2D eigenvalue weighted by Crippen LogP contribution is 2.30. The Labute approximate surface area is 161 Å². The quantitative estimate of drug-likeness (QED) is 0.611. The van der Waals surface area contributed by atoms with Gasteiger partial charge in [-0.2, -0.15) is 0 Å². The summed E-state index contributed by atoms with van der Waals surface area (Å²) in [7, 11) is 2.99. The number of carbonyl (C=O) groups excluding carboxylic acids is 3.